The molecule has 3 heterocycles. The summed E-state index contributed by atoms with van der Waals surface area (Å²) in [5.41, 5.74) is 1.18. The van der Waals surface area contributed by atoms with Gasteiger partial charge in [-0.05, 0) is 56.7 Å². The third kappa shape index (κ3) is 4.33. The lowest BCUT2D eigenvalue weighted by Crippen LogP contribution is -2.50. The van der Waals surface area contributed by atoms with E-state index in [2.05, 4.69) is 22.4 Å². The van der Waals surface area contributed by atoms with Gasteiger partial charge in [-0.1, -0.05) is 42.6 Å². The number of amides is 2. The van der Waals surface area contributed by atoms with E-state index >= 15 is 0 Å². The van der Waals surface area contributed by atoms with Crippen molar-refractivity contribution in [3.63, 3.8) is 0 Å². The van der Waals surface area contributed by atoms with Gasteiger partial charge >= 0.3 is 6.03 Å². The number of urea groups is 1. The molecule has 1 spiro atoms. The molecule has 7 heteroatoms. The normalized spacial score (nSPS) is 24.5. The number of piperidine rings is 1. The van der Waals surface area contributed by atoms with Crippen molar-refractivity contribution < 1.29 is 9.32 Å². The largest absolute Gasteiger partial charge is 0.335 e. The number of likely N-dealkylation sites (tertiary alicyclic amines) is 2. The van der Waals surface area contributed by atoms with Crippen molar-refractivity contribution in [2.75, 3.05) is 26.7 Å². The number of carbonyl (C=O) groups is 1. The van der Waals surface area contributed by atoms with E-state index < -0.39 is 0 Å². The second kappa shape index (κ2) is 8.61. The summed E-state index contributed by atoms with van der Waals surface area (Å²) >= 11 is 0. The molecular weight excluding hydrogens is 390 g/mol. The highest BCUT2D eigenvalue weighted by molar-refractivity contribution is 5.74. The van der Waals surface area contributed by atoms with Crippen molar-refractivity contribution in [3.8, 4) is 11.5 Å². The van der Waals surface area contributed by atoms with Crippen LogP contribution in [-0.2, 0) is 0 Å². The van der Waals surface area contributed by atoms with Crippen LogP contribution in [0, 0.1) is 5.41 Å². The Labute approximate surface area is 184 Å². The van der Waals surface area contributed by atoms with Gasteiger partial charge < -0.3 is 14.7 Å². The average molecular weight is 424 g/mol. The molecule has 0 bridgehead atoms. The highest BCUT2D eigenvalue weighted by Gasteiger charge is 2.46. The van der Waals surface area contributed by atoms with Crippen LogP contribution in [0.1, 0.15) is 63.2 Å². The van der Waals surface area contributed by atoms with E-state index in [0.717, 1.165) is 63.1 Å². The number of aromatic nitrogens is 2. The van der Waals surface area contributed by atoms with Crippen LogP contribution in [0.5, 0.6) is 0 Å². The molecule has 2 aliphatic heterocycles. The Balaban J connectivity index is 1.19. The van der Waals surface area contributed by atoms with Crippen molar-refractivity contribution in [1.29, 1.82) is 0 Å². The topological polar surface area (TPSA) is 74.5 Å². The second-order valence-electron chi connectivity index (χ2n) is 9.73. The Morgan fingerprint density at radius 2 is 1.87 bits per heavy atom. The van der Waals surface area contributed by atoms with Crippen LogP contribution >= 0.6 is 0 Å². The van der Waals surface area contributed by atoms with E-state index in [0.29, 0.717) is 11.9 Å². The van der Waals surface area contributed by atoms with Crippen molar-refractivity contribution in [1.82, 2.24) is 25.3 Å². The maximum atomic E-state index is 12.7. The molecule has 1 aliphatic carbocycles. The van der Waals surface area contributed by atoms with E-state index in [1.54, 1.807) is 0 Å². The molecule has 1 aromatic heterocycles. The third-order valence-electron chi connectivity index (χ3n) is 7.55. The molecule has 1 N–H and O–H groups in total. The summed E-state index contributed by atoms with van der Waals surface area (Å²) in [5.74, 6) is 1.36. The molecule has 166 valence electrons. The Hall–Kier alpha value is -2.41. The summed E-state index contributed by atoms with van der Waals surface area (Å²) in [6.45, 7) is 2.69. The predicted octanol–water partition coefficient (Wildman–Crippen LogP) is 4.24. The molecular formula is C24H33N5O2. The van der Waals surface area contributed by atoms with Gasteiger partial charge in [0.25, 0.3) is 5.89 Å². The van der Waals surface area contributed by atoms with Crippen molar-refractivity contribution in [2.45, 2.75) is 63.5 Å². The summed E-state index contributed by atoms with van der Waals surface area (Å²) < 4.78 is 5.56. The van der Waals surface area contributed by atoms with E-state index in [1.807, 2.05) is 35.2 Å². The van der Waals surface area contributed by atoms with Crippen LogP contribution in [0.25, 0.3) is 11.5 Å². The molecule has 1 atom stereocenters. The standard InChI is InChI=1S/C24H33N5O2/c1-28-17-24(12-14-29(15-13-24)23(30)25-19-10-6-3-7-11-19)16-20(28)21-26-22(31-27-21)18-8-4-2-5-9-18/h2,4-5,8-9,19-20H,3,6-7,10-17H2,1H3,(H,25,30). The van der Waals surface area contributed by atoms with Gasteiger partial charge in [-0.15, -0.1) is 0 Å². The summed E-state index contributed by atoms with van der Waals surface area (Å²) in [7, 11) is 2.15. The Kier molecular flexibility index (Phi) is 5.69. The quantitative estimate of drug-likeness (QED) is 0.799. The Bertz CT molecular complexity index is 884. The monoisotopic (exact) mass is 423 g/mol. The van der Waals surface area contributed by atoms with Crippen LogP contribution in [-0.4, -0.2) is 58.7 Å². The van der Waals surface area contributed by atoms with Gasteiger partial charge in [-0.25, -0.2) is 4.79 Å². The molecule has 2 saturated heterocycles. The zero-order chi connectivity index (χ0) is 21.3. The fourth-order valence-electron chi connectivity index (χ4n) is 5.69. The van der Waals surface area contributed by atoms with Crippen LogP contribution in [0.4, 0.5) is 4.79 Å². The average Bonchev–Trinajstić information content (AvgIpc) is 3.40. The summed E-state index contributed by atoms with van der Waals surface area (Å²) in [6, 6.07) is 10.6. The number of carbonyl (C=O) groups excluding carboxylic acids is 1. The van der Waals surface area contributed by atoms with Crippen LogP contribution in [0.2, 0.25) is 0 Å². The van der Waals surface area contributed by atoms with Crippen molar-refractivity contribution in [2.24, 2.45) is 5.41 Å². The fourth-order valence-corrected chi connectivity index (χ4v) is 5.69. The number of nitrogens with one attached hydrogen (secondary N) is 1. The van der Waals surface area contributed by atoms with E-state index in [4.69, 9.17) is 9.51 Å². The minimum Gasteiger partial charge on any atom is -0.335 e. The molecule has 3 aliphatic rings. The molecule has 31 heavy (non-hydrogen) atoms. The first kappa shape index (κ1) is 20.5. The molecule has 0 radical (unpaired) electrons. The number of nitrogens with zero attached hydrogens (tertiary/aromatic N) is 4. The highest BCUT2D eigenvalue weighted by Crippen LogP contribution is 2.47. The fraction of sp³-hybridized carbons (Fsp3) is 0.625. The lowest BCUT2D eigenvalue weighted by molar-refractivity contribution is 0.119. The number of hydrogen-bond acceptors (Lipinski definition) is 5. The molecule has 2 aromatic rings. The van der Waals surface area contributed by atoms with Gasteiger partial charge in [0.15, 0.2) is 5.82 Å². The van der Waals surface area contributed by atoms with Crippen LogP contribution in [0.3, 0.4) is 0 Å². The third-order valence-corrected chi connectivity index (χ3v) is 7.55. The van der Waals surface area contributed by atoms with Gasteiger partial charge in [0.05, 0.1) is 6.04 Å². The zero-order valence-electron chi connectivity index (χ0n) is 18.4. The number of hydrogen-bond donors (Lipinski definition) is 1. The molecule has 7 nitrogen and oxygen atoms in total. The van der Waals surface area contributed by atoms with Crippen LogP contribution in [0.15, 0.2) is 34.9 Å². The molecule has 1 aromatic carbocycles. The minimum absolute atomic E-state index is 0.135. The Morgan fingerprint density at radius 1 is 1.13 bits per heavy atom. The van der Waals surface area contributed by atoms with E-state index in [1.165, 1.54) is 19.3 Å². The first-order chi connectivity index (χ1) is 15.1. The molecule has 1 unspecified atom stereocenters. The molecule has 1 saturated carbocycles. The van der Waals surface area contributed by atoms with Crippen molar-refractivity contribution >= 4 is 6.03 Å². The number of rotatable bonds is 3. The maximum absolute atomic E-state index is 12.7. The van der Waals surface area contributed by atoms with E-state index in [-0.39, 0.29) is 17.5 Å². The highest BCUT2D eigenvalue weighted by atomic mass is 16.5. The van der Waals surface area contributed by atoms with Crippen LogP contribution < -0.4 is 5.32 Å². The lowest BCUT2D eigenvalue weighted by atomic mass is 9.76. The summed E-state index contributed by atoms with van der Waals surface area (Å²) in [5, 5.41) is 7.58. The van der Waals surface area contributed by atoms with Gasteiger partial charge in [0.2, 0.25) is 0 Å². The summed E-state index contributed by atoms with van der Waals surface area (Å²) in [6.07, 6.45) is 9.14. The number of benzene rings is 1. The Morgan fingerprint density at radius 3 is 2.61 bits per heavy atom. The predicted molar refractivity (Wildman–Crippen MR) is 118 cm³/mol. The smallest absolute Gasteiger partial charge is 0.317 e. The molecule has 3 fully saturated rings. The summed E-state index contributed by atoms with van der Waals surface area (Å²) in [4.78, 5) is 21.8. The molecule has 2 amide bonds. The minimum atomic E-state index is 0.135. The molecule has 5 rings (SSSR count). The second-order valence-corrected chi connectivity index (χ2v) is 9.73. The van der Waals surface area contributed by atoms with Gasteiger partial charge in [0.1, 0.15) is 0 Å². The lowest BCUT2D eigenvalue weighted by Gasteiger charge is -2.39. The maximum Gasteiger partial charge on any atom is 0.317 e. The first-order valence-electron chi connectivity index (χ1n) is 11.8. The van der Waals surface area contributed by atoms with Gasteiger partial charge in [0, 0.05) is 31.2 Å². The van der Waals surface area contributed by atoms with E-state index in [9.17, 15) is 4.79 Å². The zero-order valence-corrected chi connectivity index (χ0v) is 18.4. The van der Waals surface area contributed by atoms with Gasteiger partial charge in [-0.2, -0.15) is 4.98 Å². The van der Waals surface area contributed by atoms with Crippen molar-refractivity contribution in [3.05, 3.63) is 36.2 Å². The SMILES string of the molecule is CN1CC2(CCN(C(=O)NC3CCCCC3)CC2)CC1c1noc(-c2ccccc2)n1. The van der Waals surface area contributed by atoms with Gasteiger partial charge in [-0.3, -0.25) is 4.90 Å². The first-order valence-corrected chi connectivity index (χ1v) is 11.8.